The van der Waals surface area contributed by atoms with Crippen LogP contribution >= 0.6 is 0 Å². The van der Waals surface area contributed by atoms with Crippen molar-refractivity contribution in [2.45, 2.75) is 0 Å². The summed E-state index contributed by atoms with van der Waals surface area (Å²) in [4.78, 5) is 0. The maximum atomic E-state index is 7.45. The van der Waals surface area contributed by atoms with Gasteiger partial charge in [0, 0.05) is 0 Å². The van der Waals surface area contributed by atoms with E-state index in [1.807, 2.05) is 0 Å². The van der Waals surface area contributed by atoms with E-state index < -0.39 is 0 Å². The Balaban J connectivity index is 3.70. The highest BCUT2D eigenvalue weighted by Gasteiger charge is 1.58. The van der Waals surface area contributed by atoms with E-state index in [2.05, 4.69) is 0 Å². The lowest BCUT2D eigenvalue weighted by molar-refractivity contribution is 1.72. The van der Waals surface area contributed by atoms with Gasteiger partial charge in [-0.15, -0.1) is 0 Å². The minimum Gasteiger partial charge on any atom is -0.0623 e. The first-order valence-corrected chi connectivity index (χ1v) is 2.82. The van der Waals surface area contributed by atoms with Gasteiger partial charge < -0.3 is 0 Å². The van der Waals surface area contributed by atoms with Crippen LogP contribution in [0.2, 0.25) is 0 Å². The third kappa shape index (κ3) is 2.88. The molecule has 1 rings (SSSR count). The maximum Gasteiger partial charge on any atom is 0.0623 e. The number of rotatable bonds is 0. The third-order valence-electron chi connectivity index (χ3n) is 0.790. The third-order valence-corrected chi connectivity index (χ3v) is 0.790. The average molecular weight is 136 g/mol. The molecule has 0 bridgehead atoms. The van der Waals surface area contributed by atoms with E-state index >= 15 is 0 Å². The topological polar surface area (TPSA) is 0 Å². The molecule has 0 aromatic heterocycles. The van der Waals surface area contributed by atoms with Gasteiger partial charge in [0.25, 0.3) is 0 Å². The molecule has 50 valence electrons. The van der Waals surface area contributed by atoms with Crippen molar-refractivity contribution in [1.82, 2.24) is 0 Å². The lowest BCUT2D eigenvalue weighted by atomic mass is 10.4. The molecular formula is C10H10. The first-order chi connectivity index (χ1) is 7.43. The predicted molar refractivity (Wildman–Crippen MR) is 44.1 cm³/mol. The Bertz CT molecular complexity index is 424. The highest BCUT2D eigenvalue weighted by molar-refractivity contribution is 4.99. The summed E-state index contributed by atoms with van der Waals surface area (Å²) < 4.78 is 44.6. The van der Waals surface area contributed by atoms with E-state index in [-0.39, 0.29) is 36.3 Å². The van der Waals surface area contributed by atoms with Gasteiger partial charge in [-0.3, -0.25) is 0 Å². The van der Waals surface area contributed by atoms with Gasteiger partial charge in [-0.25, -0.2) is 0 Å². The summed E-state index contributed by atoms with van der Waals surface area (Å²) in [5.74, 6) is 0. The molecule has 1 aromatic rings. The lowest BCUT2D eigenvalue weighted by Crippen LogP contribution is -1.47. The smallest absolute Gasteiger partial charge is 0.0623 e. The van der Waals surface area contributed by atoms with Crippen LogP contribution < -0.4 is 0 Å². The van der Waals surface area contributed by atoms with Crippen molar-refractivity contribution in [1.29, 1.82) is 0 Å². The van der Waals surface area contributed by atoms with Crippen LogP contribution in [0.5, 0.6) is 0 Å². The molecule has 0 unspecified atom stereocenters. The van der Waals surface area contributed by atoms with Crippen molar-refractivity contribution < 1.29 is 8.22 Å². The van der Waals surface area contributed by atoms with Crippen LogP contribution in [0.4, 0.5) is 0 Å². The molecule has 0 aliphatic heterocycles. The highest BCUT2D eigenvalue weighted by atomic mass is 13.7. The van der Waals surface area contributed by atoms with Gasteiger partial charge in [0.2, 0.25) is 0 Å². The summed E-state index contributed by atoms with van der Waals surface area (Å²) in [6.45, 7) is 0. The highest BCUT2D eigenvalue weighted by Crippen LogP contribution is 1.80. The van der Waals surface area contributed by atoms with Crippen molar-refractivity contribution in [3.8, 4) is 0 Å². The van der Waals surface area contributed by atoms with Gasteiger partial charge in [-0.1, -0.05) is 60.5 Å². The van der Waals surface area contributed by atoms with Gasteiger partial charge in [-0.05, 0) is 0 Å². The minimum atomic E-state index is -0.368. The lowest BCUT2D eigenvalue weighted by Gasteiger charge is -1.69. The SMILES string of the molecule is [2H]c1ccc([2H])c([2H])c([2H])c([2H])ccc1[2H]. The monoisotopic (exact) mass is 136 g/mol. The Kier molecular flexibility index (Phi) is 1.09. The first kappa shape index (κ1) is 2.39. The summed E-state index contributed by atoms with van der Waals surface area (Å²) >= 11 is 0. The fourth-order valence-electron chi connectivity index (χ4n) is 0.418. The molecule has 0 spiro atoms. The summed E-state index contributed by atoms with van der Waals surface area (Å²) in [6.07, 6.45) is 0. The van der Waals surface area contributed by atoms with E-state index in [4.69, 9.17) is 8.22 Å². The molecule has 0 aliphatic rings. The molecule has 10 heavy (non-hydrogen) atoms. The fourth-order valence-corrected chi connectivity index (χ4v) is 0.418. The van der Waals surface area contributed by atoms with Gasteiger partial charge in [0.05, 0.1) is 8.22 Å². The average Bonchev–Trinajstić information content (AvgIpc) is 2.28. The normalized spacial score (nSPS) is 16.4. The maximum absolute atomic E-state index is 7.45. The Morgan fingerprint density at radius 1 is 0.500 bits per heavy atom. The zero-order valence-corrected chi connectivity index (χ0v) is 5.31. The molecule has 1 aromatic carbocycles. The molecule has 0 fully saturated rings. The Labute approximate surface area is 69.9 Å². The summed E-state index contributed by atoms with van der Waals surface area (Å²) in [5.41, 5.74) is 0. The van der Waals surface area contributed by atoms with Crippen molar-refractivity contribution in [3.63, 3.8) is 0 Å². The molecule has 0 saturated heterocycles. The first-order valence-electron chi connectivity index (χ1n) is 5.82. The summed E-state index contributed by atoms with van der Waals surface area (Å²) in [6, 6.07) is 3.38. The molecular weight excluding hydrogens is 120 g/mol. The van der Waals surface area contributed by atoms with Crippen LogP contribution in [0.3, 0.4) is 0 Å². The van der Waals surface area contributed by atoms with Crippen molar-refractivity contribution in [2.24, 2.45) is 0 Å². The van der Waals surface area contributed by atoms with Gasteiger partial charge in [-0.2, -0.15) is 0 Å². The number of hydrogen-bond acceptors (Lipinski definition) is 0. The van der Waals surface area contributed by atoms with Crippen LogP contribution in [0.1, 0.15) is 8.22 Å². The van der Waals surface area contributed by atoms with Gasteiger partial charge in [0.15, 0.2) is 0 Å². The van der Waals surface area contributed by atoms with Crippen molar-refractivity contribution in [3.05, 3.63) is 60.5 Å². The molecule has 0 radical (unpaired) electrons. The van der Waals surface area contributed by atoms with Gasteiger partial charge >= 0.3 is 0 Å². The molecule has 0 N–H and O–H groups in total. The molecule has 0 heteroatoms. The second-order valence-corrected chi connectivity index (χ2v) is 1.49. The number of hydrogen-bond donors (Lipinski definition) is 0. The standard InChI is InChI=1S/C10H10/c1-2-4-6-8-10-9-7-5-3-1/h1-10H/i1D,2D,3D,4D,9D,10D. The summed E-state index contributed by atoms with van der Waals surface area (Å²) in [7, 11) is 0. The van der Waals surface area contributed by atoms with Crippen LogP contribution in [0, 0.1) is 0 Å². The molecule has 0 aliphatic carbocycles. The Morgan fingerprint density at radius 2 is 0.800 bits per heavy atom. The Hall–Kier alpha value is -1.30. The van der Waals surface area contributed by atoms with E-state index in [1.165, 1.54) is 24.3 Å². The van der Waals surface area contributed by atoms with E-state index in [9.17, 15) is 0 Å². The van der Waals surface area contributed by atoms with Crippen LogP contribution in [0.25, 0.3) is 0 Å². The molecule has 0 nitrogen and oxygen atoms in total. The van der Waals surface area contributed by atoms with Crippen molar-refractivity contribution >= 4 is 0 Å². The van der Waals surface area contributed by atoms with E-state index in [0.717, 1.165) is 0 Å². The molecule has 0 heterocycles. The van der Waals surface area contributed by atoms with Gasteiger partial charge in [0.1, 0.15) is 0 Å². The van der Waals surface area contributed by atoms with Crippen LogP contribution in [0.15, 0.2) is 60.5 Å². The van der Waals surface area contributed by atoms with Crippen LogP contribution in [-0.2, 0) is 0 Å². The summed E-state index contributed by atoms with van der Waals surface area (Å²) in [5, 5.41) is 0. The minimum absolute atomic E-state index is 0.102. The van der Waals surface area contributed by atoms with Crippen molar-refractivity contribution in [2.75, 3.05) is 0 Å². The predicted octanol–water partition coefficient (Wildman–Crippen LogP) is 2.81. The Morgan fingerprint density at radius 3 is 1.20 bits per heavy atom. The molecule has 0 atom stereocenters. The molecule has 0 amide bonds. The second kappa shape index (κ2) is 4.57. The fraction of sp³-hybridized carbons (Fsp3) is 0. The zero-order chi connectivity index (χ0) is 12.3. The molecule has 0 saturated carbocycles. The van der Waals surface area contributed by atoms with E-state index in [0.29, 0.717) is 0 Å². The van der Waals surface area contributed by atoms with E-state index in [1.54, 1.807) is 0 Å². The second-order valence-electron chi connectivity index (χ2n) is 1.49. The van der Waals surface area contributed by atoms with Crippen LogP contribution in [-0.4, -0.2) is 0 Å². The zero-order valence-electron chi connectivity index (χ0n) is 11.3. The largest absolute Gasteiger partial charge is 0.0623 e. The quantitative estimate of drug-likeness (QED) is 0.514.